The van der Waals surface area contributed by atoms with Gasteiger partial charge in [0.1, 0.15) is 0 Å². The van der Waals surface area contributed by atoms with E-state index in [-0.39, 0.29) is 6.42 Å². The first-order valence-corrected chi connectivity index (χ1v) is 3.56. The third kappa shape index (κ3) is 1.10. The molecule has 0 spiro atoms. The van der Waals surface area contributed by atoms with Crippen molar-refractivity contribution in [2.75, 3.05) is 6.54 Å². The minimum atomic E-state index is -1.97. The van der Waals surface area contributed by atoms with Gasteiger partial charge in [0.2, 0.25) is 5.72 Å². The van der Waals surface area contributed by atoms with Gasteiger partial charge in [-0.1, -0.05) is 0 Å². The van der Waals surface area contributed by atoms with Gasteiger partial charge in [0.15, 0.2) is 5.96 Å². The summed E-state index contributed by atoms with van der Waals surface area (Å²) in [5.74, 6) is -1.76. The molecule has 0 saturated carbocycles. The van der Waals surface area contributed by atoms with Gasteiger partial charge in [-0.3, -0.25) is 5.41 Å². The fourth-order valence-corrected chi connectivity index (χ4v) is 1.35. The summed E-state index contributed by atoms with van der Waals surface area (Å²) < 4.78 is 0. The molecular formula is C6H11N3O3. The van der Waals surface area contributed by atoms with E-state index < -0.39 is 17.7 Å². The maximum atomic E-state index is 10.6. The average molecular weight is 173 g/mol. The Morgan fingerprint density at radius 1 is 1.67 bits per heavy atom. The van der Waals surface area contributed by atoms with Crippen LogP contribution in [0.5, 0.6) is 0 Å². The lowest BCUT2D eigenvalue weighted by Gasteiger charge is -2.29. The summed E-state index contributed by atoms with van der Waals surface area (Å²) >= 11 is 0. The van der Waals surface area contributed by atoms with Gasteiger partial charge >= 0.3 is 5.97 Å². The second-order valence-electron chi connectivity index (χ2n) is 2.76. The molecule has 1 heterocycles. The number of guanidine groups is 1. The number of hydrogen-bond donors (Lipinski definition) is 4. The Labute approximate surface area is 69.1 Å². The standard InChI is InChI=1S/C6H11N3O3/c7-5(8)9-3-1-2-6(9,12)4(10)11/h12H,1-3H2,(H3,7,8)(H,10,11)/t6-/m1/s1. The van der Waals surface area contributed by atoms with Gasteiger partial charge in [-0.05, 0) is 6.42 Å². The Morgan fingerprint density at radius 3 is 2.58 bits per heavy atom. The third-order valence-corrected chi connectivity index (χ3v) is 1.99. The van der Waals surface area contributed by atoms with Crippen molar-refractivity contribution in [2.24, 2.45) is 5.73 Å². The van der Waals surface area contributed by atoms with Crippen molar-refractivity contribution in [2.45, 2.75) is 18.6 Å². The Kier molecular flexibility index (Phi) is 1.93. The number of carboxylic acids is 1. The van der Waals surface area contributed by atoms with Crippen LogP contribution in [0.3, 0.4) is 0 Å². The minimum absolute atomic E-state index is 0.113. The highest BCUT2D eigenvalue weighted by Crippen LogP contribution is 2.25. The molecule has 0 aromatic carbocycles. The van der Waals surface area contributed by atoms with Crippen LogP contribution < -0.4 is 5.73 Å². The Balaban J connectivity index is 2.89. The molecule has 6 nitrogen and oxygen atoms in total. The maximum absolute atomic E-state index is 10.6. The van der Waals surface area contributed by atoms with Gasteiger partial charge in [-0.2, -0.15) is 0 Å². The lowest BCUT2D eigenvalue weighted by atomic mass is 10.1. The molecule has 0 aromatic heterocycles. The fraction of sp³-hybridized carbons (Fsp3) is 0.667. The van der Waals surface area contributed by atoms with Crippen molar-refractivity contribution in [3.8, 4) is 0 Å². The molecule has 0 amide bonds. The lowest BCUT2D eigenvalue weighted by molar-refractivity contribution is -0.169. The van der Waals surface area contributed by atoms with E-state index in [2.05, 4.69) is 0 Å². The van der Waals surface area contributed by atoms with Crippen LogP contribution in [0.4, 0.5) is 0 Å². The van der Waals surface area contributed by atoms with E-state index >= 15 is 0 Å². The largest absolute Gasteiger partial charge is 0.478 e. The molecule has 1 rings (SSSR count). The number of aliphatic carboxylic acids is 1. The zero-order valence-electron chi connectivity index (χ0n) is 6.45. The number of likely N-dealkylation sites (tertiary alicyclic amines) is 1. The van der Waals surface area contributed by atoms with E-state index in [1.165, 1.54) is 0 Å². The number of nitrogens with one attached hydrogen (secondary N) is 1. The zero-order chi connectivity index (χ0) is 9.35. The van der Waals surface area contributed by atoms with Crippen molar-refractivity contribution in [3.05, 3.63) is 0 Å². The van der Waals surface area contributed by atoms with Crippen LogP contribution >= 0.6 is 0 Å². The highest BCUT2D eigenvalue weighted by molar-refractivity contribution is 5.85. The van der Waals surface area contributed by atoms with Gasteiger partial charge in [0.05, 0.1) is 0 Å². The van der Waals surface area contributed by atoms with Gasteiger partial charge in [-0.15, -0.1) is 0 Å². The van der Waals surface area contributed by atoms with E-state index in [9.17, 15) is 9.90 Å². The molecule has 0 unspecified atom stereocenters. The first kappa shape index (κ1) is 8.79. The summed E-state index contributed by atoms with van der Waals surface area (Å²) in [4.78, 5) is 11.6. The van der Waals surface area contributed by atoms with Crippen LogP contribution in [0.15, 0.2) is 0 Å². The number of nitrogens with zero attached hydrogens (tertiary/aromatic N) is 1. The van der Waals surface area contributed by atoms with Crippen molar-refractivity contribution in [1.29, 1.82) is 5.41 Å². The number of hydrogen-bond acceptors (Lipinski definition) is 3. The molecule has 5 N–H and O–H groups in total. The van der Waals surface area contributed by atoms with E-state index in [1.54, 1.807) is 0 Å². The normalized spacial score (nSPS) is 28.9. The van der Waals surface area contributed by atoms with Crippen LogP contribution in [-0.2, 0) is 4.79 Å². The minimum Gasteiger partial charge on any atom is -0.478 e. The highest BCUT2D eigenvalue weighted by atomic mass is 16.4. The smallest absolute Gasteiger partial charge is 0.357 e. The van der Waals surface area contributed by atoms with Crippen molar-refractivity contribution >= 4 is 11.9 Å². The summed E-state index contributed by atoms with van der Waals surface area (Å²) in [7, 11) is 0. The predicted octanol–water partition coefficient (Wildman–Crippen LogP) is -1.25. The zero-order valence-corrected chi connectivity index (χ0v) is 6.45. The topological polar surface area (TPSA) is 111 Å². The summed E-state index contributed by atoms with van der Waals surface area (Å²) in [5.41, 5.74) is 3.13. The van der Waals surface area contributed by atoms with Gasteiger partial charge < -0.3 is 20.8 Å². The second kappa shape index (κ2) is 2.63. The molecule has 1 fully saturated rings. The van der Waals surface area contributed by atoms with E-state index in [1.807, 2.05) is 0 Å². The monoisotopic (exact) mass is 173 g/mol. The van der Waals surface area contributed by atoms with E-state index in [0.29, 0.717) is 13.0 Å². The molecule has 1 aliphatic rings. The third-order valence-electron chi connectivity index (χ3n) is 1.99. The van der Waals surface area contributed by atoms with Crippen LogP contribution in [-0.4, -0.2) is 39.3 Å². The van der Waals surface area contributed by atoms with E-state index in [4.69, 9.17) is 16.2 Å². The molecule has 1 atom stereocenters. The number of carbonyl (C=O) groups is 1. The Bertz CT molecular complexity index is 230. The molecule has 0 aromatic rings. The molecule has 1 saturated heterocycles. The quantitative estimate of drug-likeness (QED) is 0.292. The van der Waals surface area contributed by atoms with Gasteiger partial charge in [-0.25, -0.2) is 4.79 Å². The van der Waals surface area contributed by atoms with Crippen molar-refractivity contribution < 1.29 is 15.0 Å². The van der Waals surface area contributed by atoms with Crippen molar-refractivity contribution in [1.82, 2.24) is 4.90 Å². The SMILES string of the molecule is N=C(N)N1CCC[C@@]1(O)C(=O)O. The maximum Gasteiger partial charge on any atom is 0.357 e. The second-order valence-corrected chi connectivity index (χ2v) is 2.76. The van der Waals surface area contributed by atoms with Crippen LogP contribution in [0.2, 0.25) is 0 Å². The molecule has 0 bridgehead atoms. The number of nitrogens with two attached hydrogens (primary N) is 1. The molecule has 6 heteroatoms. The summed E-state index contributed by atoms with van der Waals surface area (Å²) in [5, 5.41) is 25.2. The van der Waals surface area contributed by atoms with Crippen LogP contribution in [0.1, 0.15) is 12.8 Å². The molecule has 12 heavy (non-hydrogen) atoms. The molecule has 0 aliphatic carbocycles. The Morgan fingerprint density at radius 2 is 2.25 bits per heavy atom. The predicted molar refractivity (Wildman–Crippen MR) is 40.4 cm³/mol. The van der Waals surface area contributed by atoms with E-state index in [0.717, 1.165) is 4.90 Å². The van der Waals surface area contributed by atoms with Crippen molar-refractivity contribution in [3.63, 3.8) is 0 Å². The molecule has 1 aliphatic heterocycles. The number of aliphatic hydroxyl groups is 1. The fourth-order valence-electron chi connectivity index (χ4n) is 1.35. The molecular weight excluding hydrogens is 162 g/mol. The summed E-state index contributed by atoms with van der Waals surface area (Å²) in [6.45, 7) is 0.318. The molecule has 0 radical (unpaired) electrons. The first-order valence-electron chi connectivity index (χ1n) is 3.56. The average Bonchev–Trinajstić information content (AvgIpc) is 2.32. The summed E-state index contributed by atoms with van der Waals surface area (Å²) in [6, 6.07) is 0. The first-order chi connectivity index (χ1) is 5.48. The highest BCUT2D eigenvalue weighted by Gasteiger charge is 2.46. The number of carboxylic acid groups (broad SMARTS) is 1. The van der Waals surface area contributed by atoms with Crippen LogP contribution in [0, 0.1) is 5.41 Å². The number of rotatable bonds is 1. The lowest BCUT2D eigenvalue weighted by Crippen LogP contribution is -2.55. The van der Waals surface area contributed by atoms with Gasteiger partial charge in [0, 0.05) is 13.0 Å². The summed E-state index contributed by atoms with van der Waals surface area (Å²) in [6.07, 6.45) is 0.643. The Hall–Kier alpha value is -1.30. The van der Waals surface area contributed by atoms with Gasteiger partial charge in [0.25, 0.3) is 0 Å². The molecule has 68 valence electrons. The van der Waals surface area contributed by atoms with Crippen LogP contribution in [0.25, 0.3) is 0 Å².